The van der Waals surface area contributed by atoms with Crippen molar-refractivity contribution in [1.82, 2.24) is 0 Å². The molecular weight excluding hydrogens is 200 g/mol. The van der Waals surface area contributed by atoms with E-state index in [1.54, 1.807) is 0 Å². The molecule has 6 heteroatoms. The Morgan fingerprint density at radius 1 is 1.31 bits per heavy atom. The molecule has 5 nitrogen and oxygen atoms in total. The lowest BCUT2D eigenvalue weighted by Crippen LogP contribution is -2.53. The minimum absolute atomic E-state index is 0.0504. The highest BCUT2D eigenvalue weighted by Crippen LogP contribution is 2.16. The van der Waals surface area contributed by atoms with Crippen molar-refractivity contribution in [3.8, 4) is 0 Å². The quantitative estimate of drug-likeness (QED) is 0.506. The number of rotatable bonds is 3. The van der Waals surface area contributed by atoms with Gasteiger partial charge in [-0.05, 0) is 0 Å². The summed E-state index contributed by atoms with van der Waals surface area (Å²) in [5.41, 5.74) is 0. The van der Waals surface area contributed by atoms with E-state index >= 15 is 0 Å². The van der Waals surface area contributed by atoms with Crippen molar-refractivity contribution in [2.45, 2.75) is 24.6 Å². The highest BCUT2D eigenvalue weighted by atomic mass is 35.5. The third kappa shape index (κ3) is 2.77. The summed E-state index contributed by atoms with van der Waals surface area (Å²) in [6.45, 7) is 0.178. The fourth-order valence-corrected chi connectivity index (χ4v) is 1.18. The van der Waals surface area contributed by atoms with Gasteiger partial charge in [0.1, 0.15) is 18.3 Å². The predicted octanol–water partition coefficient (Wildman–Crippen LogP) is -1.32. The van der Waals surface area contributed by atoms with E-state index in [1.807, 2.05) is 0 Å². The van der Waals surface area contributed by atoms with Crippen molar-refractivity contribution >= 4 is 11.6 Å². The molecule has 0 aliphatic carbocycles. The predicted molar refractivity (Wildman–Crippen MR) is 44.4 cm³/mol. The van der Waals surface area contributed by atoms with E-state index in [9.17, 15) is 10.2 Å². The third-order valence-corrected chi connectivity index (χ3v) is 1.97. The number of alkyl halides is 1. The largest absolute Gasteiger partial charge is 0.388 e. The summed E-state index contributed by atoms with van der Waals surface area (Å²) in [4.78, 5) is 0. The van der Waals surface area contributed by atoms with Gasteiger partial charge >= 0.3 is 0 Å². The van der Waals surface area contributed by atoms with E-state index in [4.69, 9.17) is 26.2 Å². The first kappa shape index (κ1) is 11.2. The molecule has 0 saturated carbocycles. The average Bonchev–Trinajstić information content (AvgIpc) is 2.13. The second kappa shape index (κ2) is 5.09. The van der Waals surface area contributed by atoms with Crippen LogP contribution in [0.15, 0.2) is 0 Å². The monoisotopic (exact) mass is 212 g/mol. The lowest BCUT2D eigenvalue weighted by Gasteiger charge is -2.34. The Morgan fingerprint density at radius 2 is 2.00 bits per heavy atom. The maximum absolute atomic E-state index is 9.33. The van der Waals surface area contributed by atoms with Crippen LogP contribution in [0.4, 0.5) is 0 Å². The molecule has 1 saturated heterocycles. The molecule has 1 fully saturated rings. The summed E-state index contributed by atoms with van der Waals surface area (Å²) in [5.74, 6) is 0.283. The van der Waals surface area contributed by atoms with Gasteiger partial charge in [-0.1, -0.05) is 0 Å². The summed E-state index contributed by atoms with van der Waals surface area (Å²) in [5, 5.41) is 27.6. The lowest BCUT2D eigenvalue weighted by atomic mass is 10.1. The van der Waals surface area contributed by atoms with Crippen molar-refractivity contribution in [2.24, 2.45) is 0 Å². The molecule has 1 rings (SSSR count). The van der Waals surface area contributed by atoms with Crippen LogP contribution >= 0.6 is 11.6 Å². The van der Waals surface area contributed by atoms with Gasteiger partial charge < -0.3 is 24.8 Å². The first-order valence-electron chi connectivity index (χ1n) is 4.00. The van der Waals surface area contributed by atoms with E-state index in [0.29, 0.717) is 0 Å². The van der Waals surface area contributed by atoms with Crippen molar-refractivity contribution in [2.75, 3.05) is 19.1 Å². The number of halogens is 1. The molecule has 13 heavy (non-hydrogen) atoms. The number of aliphatic hydroxyl groups excluding tert-OH is 3. The molecule has 3 N–H and O–H groups in total. The van der Waals surface area contributed by atoms with Crippen LogP contribution in [-0.2, 0) is 9.47 Å². The number of ether oxygens (including phenoxy) is 2. The summed E-state index contributed by atoms with van der Waals surface area (Å²) >= 11 is 5.36. The molecule has 78 valence electrons. The summed E-state index contributed by atoms with van der Waals surface area (Å²) in [7, 11) is 0. The molecular formula is C7H13ClO5. The summed E-state index contributed by atoms with van der Waals surface area (Å²) in [6, 6.07) is 0. The van der Waals surface area contributed by atoms with Crippen LogP contribution in [0, 0.1) is 0 Å². The van der Waals surface area contributed by atoms with Crippen molar-refractivity contribution in [1.29, 1.82) is 0 Å². The molecule has 0 bridgehead atoms. The van der Waals surface area contributed by atoms with Gasteiger partial charge in [-0.3, -0.25) is 0 Å². The van der Waals surface area contributed by atoms with Crippen LogP contribution in [-0.4, -0.2) is 59.0 Å². The molecule has 0 radical (unpaired) electrons. The van der Waals surface area contributed by atoms with E-state index in [0.717, 1.165) is 0 Å². The number of hydrogen-bond acceptors (Lipinski definition) is 5. The first-order valence-corrected chi connectivity index (χ1v) is 4.53. The lowest BCUT2D eigenvalue weighted by molar-refractivity contribution is -0.268. The van der Waals surface area contributed by atoms with Crippen LogP contribution < -0.4 is 0 Å². The zero-order chi connectivity index (χ0) is 9.84. The van der Waals surface area contributed by atoms with Crippen molar-refractivity contribution < 1.29 is 24.8 Å². The maximum Gasteiger partial charge on any atom is 0.186 e. The van der Waals surface area contributed by atoms with Crippen LogP contribution in [0.25, 0.3) is 0 Å². The molecule has 0 spiro atoms. The second-order valence-electron chi connectivity index (χ2n) is 2.81. The van der Waals surface area contributed by atoms with E-state index in [1.165, 1.54) is 0 Å². The van der Waals surface area contributed by atoms with Gasteiger partial charge in [0.15, 0.2) is 6.29 Å². The molecule has 0 aromatic heterocycles. The van der Waals surface area contributed by atoms with Gasteiger partial charge in [0.05, 0.1) is 13.2 Å². The number of aliphatic hydroxyl groups is 3. The van der Waals surface area contributed by atoms with Gasteiger partial charge in [-0.2, -0.15) is 0 Å². The minimum Gasteiger partial charge on any atom is -0.388 e. The average molecular weight is 213 g/mol. The number of hydrogen-bond donors (Lipinski definition) is 3. The molecule has 0 amide bonds. The van der Waals surface area contributed by atoms with Gasteiger partial charge in [0.25, 0.3) is 0 Å². The molecule has 0 aromatic rings. The fourth-order valence-electron chi connectivity index (χ4n) is 1.09. The van der Waals surface area contributed by atoms with Crippen LogP contribution in [0.3, 0.4) is 0 Å². The Morgan fingerprint density at radius 3 is 2.62 bits per heavy atom. The second-order valence-corrected chi connectivity index (χ2v) is 3.19. The third-order valence-electron chi connectivity index (χ3n) is 1.81. The van der Waals surface area contributed by atoms with E-state index in [2.05, 4.69) is 0 Å². The summed E-state index contributed by atoms with van der Waals surface area (Å²) in [6.07, 6.45) is -4.43. The Labute approximate surface area is 80.8 Å². The minimum atomic E-state index is -1.23. The highest BCUT2D eigenvalue weighted by molar-refractivity contribution is 6.17. The van der Waals surface area contributed by atoms with Gasteiger partial charge in [-0.15, -0.1) is 11.6 Å². The van der Waals surface area contributed by atoms with Gasteiger partial charge in [0.2, 0.25) is 0 Å². The van der Waals surface area contributed by atoms with E-state index in [-0.39, 0.29) is 19.1 Å². The van der Waals surface area contributed by atoms with Gasteiger partial charge in [0, 0.05) is 5.88 Å². The van der Waals surface area contributed by atoms with Crippen LogP contribution in [0.2, 0.25) is 0 Å². The molecule has 4 atom stereocenters. The zero-order valence-corrected chi connectivity index (χ0v) is 7.72. The zero-order valence-electron chi connectivity index (χ0n) is 6.97. The van der Waals surface area contributed by atoms with Crippen LogP contribution in [0.1, 0.15) is 0 Å². The van der Waals surface area contributed by atoms with Crippen molar-refractivity contribution in [3.05, 3.63) is 0 Å². The molecule has 1 aliphatic heterocycles. The SMILES string of the molecule is OC1COC(OCCCl)C(O)C1O. The Hall–Kier alpha value is 0.0900. The highest BCUT2D eigenvalue weighted by Gasteiger charge is 2.37. The van der Waals surface area contributed by atoms with E-state index < -0.39 is 24.6 Å². The topological polar surface area (TPSA) is 79.2 Å². The van der Waals surface area contributed by atoms with Gasteiger partial charge in [-0.25, -0.2) is 0 Å². The maximum atomic E-state index is 9.33. The Balaban J connectivity index is 2.39. The Kier molecular flexibility index (Phi) is 4.37. The van der Waals surface area contributed by atoms with Crippen LogP contribution in [0.5, 0.6) is 0 Å². The standard InChI is InChI=1S/C7H13ClO5/c8-1-2-12-7-6(11)5(10)4(9)3-13-7/h4-7,9-11H,1-3H2. The fraction of sp³-hybridized carbons (Fsp3) is 1.00. The first-order chi connectivity index (χ1) is 6.16. The molecule has 1 heterocycles. The molecule has 4 unspecified atom stereocenters. The van der Waals surface area contributed by atoms with Crippen molar-refractivity contribution in [3.63, 3.8) is 0 Å². The molecule has 1 aliphatic rings. The Bertz CT molecular complexity index is 154. The summed E-state index contributed by atoms with van der Waals surface area (Å²) < 4.78 is 9.92. The smallest absolute Gasteiger partial charge is 0.186 e. The normalized spacial score (nSPS) is 40.6. The molecule has 0 aromatic carbocycles.